The molecule has 0 spiro atoms. The van der Waals surface area contributed by atoms with Crippen LogP contribution < -0.4 is 5.73 Å². The number of nitrogens with zero attached hydrogens (tertiary/aromatic N) is 3. The summed E-state index contributed by atoms with van der Waals surface area (Å²) in [7, 11) is 3.35. The van der Waals surface area contributed by atoms with Gasteiger partial charge in [-0.3, -0.25) is 4.68 Å². The summed E-state index contributed by atoms with van der Waals surface area (Å²) >= 11 is 0. The van der Waals surface area contributed by atoms with Crippen molar-refractivity contribution in [3.8, 4) is 11.3 Å². The molecule has 1 aromatic carbocycles. The number of benzene rings is 1. The number of rotatable bonds is 1. The molecular formula is C14H13F3N4. The normalized spacial score (nSPS) is 12.2. The van der Waals surface area contributed by atoms with Crippen molar-refractivity contribution in [2.75, 3.05) is 5.73 Å². The molecule has 0 saturated heterocycles. The van der Waals surface area contributed by atoms with Gasteiger partial charge in [0, 0.05) is 42.8 Å². The molecule has 3 rings (SSSR count). The Morgan fingerprint density at radius 2 is 1.90 bits per heavy atom. The average molecular weight is 294 g/mol. The van der Waals surface area contributed by atoms with Gasteiger partial charge in [-0.15, -0.1) is 0 Å². The predicted octanol–water partition coefficient (Wildman–Crippen LogP) is 3.18. The van der Waals surface area contributed by atoms with Crippen molar-refractivity contribution in [3.05, 3.63) is 36.0 Å². The van der Waals surface area contributed by atoms with Gasteiger partial charge in [-0.1, -0.05) is 6.07 Å². The fourth-order valence-electron chi connectivity index (χ4n) is 2.49. The first-order valence-corrected chi connectivity index (χ1v) is 6.24. The number of anilines is 1. The zero-order valence-electron chi connectivity index (χ0n) is 11.4. The van der Waals surface area contributed by atoms with E-state index in [1.54, 1.807) is 37.0 Å². The third-order valence-corrected chi connectivity index (χ3v) is 3.51. The molecule has 0 aliphatic heterocycles. The number of nitrogens with two attached hydrogens (primary N) is 1. The summed E-state index contributed by atoms with van der Waals surface area (Å²) < 4.78 is 42.8. The third-order valence-electron chi connectivity index (χ3n) is 3.51. The van der Waals surface area contributed by atoms with E-state index in [4.69, 9.17) is 5.73 Å². The SMILES string of the molecule is Cn1nc(-c2cn(C)c3cccc(C(F)(F)F)c23)cc1N. The van der Waals surface area contributed by atoms with Gasteiger partial charge in [0.25, 0.3) is 0 Å². The van der Waals surface area contributed by atoms with E-state index >= 15 is 0 Å². The molecule has 2 heterocycles. The minimum Gasteiger partial charge on any atom is -0.384 e. The molecule has 0 aliphatic rings. The molecule has 0 amide bonds. The van der Waals surface area contributed by atoms with Crippen molar-refractivity contribution in [1.82, 2.24) is 14.3 Å². The third kappa shape index (κ3) is 2.05. The van der Waals surface area contributed by atoms with Crippen molar-refractivity contribution < 1.29 is 13.2 Å². The summed E-state index contributed by atoms with van der Waals surface area (Å²) in [4.78, 5) is 0. The maximum Gasteiger partial charge on any atom is 0.417 e. The second kappa shape index (κ2) is 4.28. The van der Waals surface area contributed by atoms with E-state index in [1.165, 1.54) is 10.7 Å². The Bertz CT molecular complexity index is 807. The van der Waals surface area contributed by atoms with Gasteiger partial charge >= 0.3 is 6.18 Å². The van der Waals surface area contributed by atoms with Gasteiger partial charge in [0.2, 0.25) is 0 Å². The van der Waals surface area contributed by atoms with E-state index in [-0.39, 0.29) is 5.39 Å². The molecule has 0 atom stereocenters. The second-order valence-electron chi connectivity index (χ2n) is 4.93. The number of nitrogen functional groups attached to an aromatic ring is 1. The maximum atomic E-state index is 13.2. The smallest absolute Gasteiger partial charge is 0.384 e. The molecule has 0 saturated carbocycles. The first-order valence-electron chi connectivity index (χ1n) is 6.24. The predicted molar refractivity (Wildman–Crippen MR) is 74.5 cm³/mol. The fraction of sp³-hybridized carbons (Fsp3) is 0.214. The van der Waals surface area contributed by atoms with Crippen LogP contribution in [-0.4, -0.2) is 14.3 Å². The quantitative estimate of drug-likeness (QED) is 0.749. The summed E-state index contributed by atoms with van der Waals surface area (Å²) in [5.74, 6) is 0.395. The lowest BCUT2D eigenvalue weighted by atomic mass is 10.0. The topological polar surface area (TPSA) is 48.8 Å². The van der Waals surface area contributed by atoms with E-state index in [0.717, 1.165) is 6.07 Å². The molecule has 0 fully saturated rings. The fourth-order valence-corrected chi connectivity index (χ4v) is 2.49. The molecule has 7 heteroatoms. The van der Waals surface area contributed by atoms with Crippen LogP contribution in [0.5, 0.6) is 0 Å². The zero-order chi connectivity index (χ0) is 15.4. The van der Waals surface area contributed by atoms with Crippen LogP contribution in [0.15, 0.2) is 30.5 Å². The van der Waals surface area contributed by atoms with Gasteiger partial charge in [-0.25, -0.2) is 0 Å². The Morgan fingerprint density at radius 1 is 1.19 bits per heavy atom. The number of hydrogen-bond acceptors (Lipinski definition) is 2. The number of hydrogen-bond donors (Lipinski definition) is 1. The van der Waals surface area contributed by atoms with E-state index in [9.17, 15) is 13.2 Å². The van der Waals surface area contributed by atoms with Crippen LogP contribution in [-0.2, 0) is 20.3 Å². The number of halogens is 3. The van der Waals surface area contributed by atoms with Crippen molar-refractivity contribution in [2.24, 2.45) is 14.1 Å². The van der Waals surface area contributed by atoms with E-state index < -0.39 is 11.7 Å². The van der Waals surface area contributed by atoms with E-state index in [1.807, 2.05) is 0 Å². The molecule has 2 N–H and O–H groups in total. The summed E-state index contributed by atoms with van der Waals surface area (Å²) in [5, 5.41) is 4.32. The van der Waals surface area contributed by atoms with E-state index in [0.29, 0.717) is 22.6 Å². The van der Waals surface area contributed by atoms with Crippen LogP contribution in [0.3, 0.4) is 0 Å². The van der Waals surface area contributed by atoms with Gasteiger partial charge in [0.15, 0.2) is 0 Å². The van der Waals surface area contributed by atoms with Crippen molar-refractivity contribution in [1.29, 1.82) is 0 Å². The maximum absolute atomic E-state index is 13.2. The molecule has 0 radical (unpaired) electrons. The Morgan fingerprint density at radius 3 is 2.48 bits per heavy atom. The molecule has 2 aromatic heterocycles. The van der Waals surface area contributed by atoms with Crippen LogP contribution in [0.4, 0.5) is 19.0 Å². The van der Waals surface area contributed by atoms with E-state index in [2.05, 4.69) is 5.10 Å². The Hall–Kier alpha value is -2.44. The van der Waals surface area contributed by atoms with Gasteiger partial charge in [0.1, 0.15) is 5.82 Å². The Kier molecular flexibility index (Phi) is 2.76. The Labute approximate surface area is 118 Å². The first kappa shape index (κ1) is 13.5. The minimum atomic E-state index is -4.42. The monoisotopic (exact) mass is 294 g/mol. The highest BCUT2D eigenvalue weighted by atomic mass is 19.4. The molecular weight excluding hydrogens is 281 g/mol. The zero-order valence-corrected chi connectivity index (χ0v) is 11.4. The minimum absolute atomic E-state index is 0.144. The van der Waals surface area contributed by atoms with Crippen molar-refractivity contribution in [2.45, 2.75) is 6.18 Å². The first-order chi connectivity index (χ1) is 9.79. The largest absolute Gasteiger partial charge is 0.417 e. The molecule has 4 nitrogen and oxygen atoms in total. The lowest BCUT2D eigenvalue weighted by Gasteiger charge is -2.09. The van der Waals surface area contributed by atoms with Crippen LogP contribution >= 0.6 is 0 Å². The van der Waals surface area contributed by atoms with Gasteiger partial charge in [-0.2, -0.15) is 18.3 Å². The molecule has 110 valence electrons. The summed E-state index contributed by atoms with van der Waals surface area (Å²) in [6, 6.07) is 5.71. The highest BCUT2D eigenvalue weighted by molar-refractivity contribution is 5.98. The highest BCUT2D eigenvalue weighted by Gasteiger charge is 2.34. The number of aryl methyl sites for hydroxylation is 2. The van der Waals surface area contributed by atoms with Crippen LogP contribution in [0.1, 0.15) is 5.56 Å². The van der Waals surface area contributed by atoms with Crippen molar-refractivity contribution >= 4 is 16.7 Å². The lowest BCUT2D eigenvalue weighted by Crippen LogP contribution is -2.05. The van der Waals surface area contributed by atoms with Gasteiger partial charge in [-0.05, 0) is 12.1 Å². The highest BCUT2D eigenvalue weighted by Crippen LogP contribution is 2.40. The molecule has 0 aliphatic carbocycles. The number of fused-ring (bicyclic) bond motifs is 1. The lowest BCUT2D eigenvalue weighted by molar-refractivity contribution is -0.136. The summed E-state index contributed by atoms with van der Waals surface area (Å²) in [6.45, 7) is 0. The number of alkyl halides is 3. The summed E-state index contributed by atoms with van der Waals surface area (Å²) in [5.41, 5.74) is 6.41. The molecule has 21 heavy (non-hydrogen) atoms. The molecule has 0 bridgehead atoms. The molecule has 0 unspecified atom stereocenters. The van der Waals surface area contributed by atoms with Gasteiger partial charge < -0.3 is 10.3 Å². The standard InChI is InChI=1S/C14H13F3N4/c1-20-7-8(10-6-12(18)21(2)19-10)13-9(14(15,16)17)4-3-5-11(13)20/h3-7H,18H2,1-2H3. The molecule has 3 aromatic rings. The second-order valence-corrected chi connectivity index (χ2v) is 4.93. The van der Waals surface area contributed by atoms with Gasteiger partial charge in [0.05, 0.1) is 11.3 Å². The Balaban J connectivity index is 2.38. The average Bonchev–Trinajstić information content (AvgIpc) is 2.90. The van der Waals surface area contributed by atoms with Crippen LogP contribution in [0.25, 0.3) is 22.2 Å². The summed E-state index contributed by atoms with van der Waals surface area (Å²) in [6.07, 6.45) is -2.78. The van der Waals surface area contributed by atoms with Crippen LogP contribution in [0.2, 0.25) is 0 Å². The number of aromatic nitrogens is 3. The van der Waals surface area contributed by atoms with Crippen molar-refractivity contribution in [3.63, 3.8) is 0 Å². The van der Waals surface area contributed by atoms with Crippen LogP contribution in [0, 0.1) is 0 Å².